The van der Waals surface area contributed by atoms with Crippen LogP contribution < -0.4 is 0 Å². The molecule has 2 heteroatoms. The molecule has 0 aliphatic rings. The summed E-state index contributed by atoms with van der Waals surface area (Å²) in [5.74, 6) is -0.240. The first-order valence-electron chi connectivity index (χ1n) is 5.86. The van der Waals surface area contributed by atoms with Crippen molar-refractivity contribution in [3.05, 3.63) is 70.3 Å². The fourth-order valence-corrected chi connectivity index (χ4v) is 1.51. The largest absolute Gasteiger partial charge is 0.207 e. The Hall–Kier alpha value is -1.70. The molecule has 0 unspecified atom stereocenters. The molecule has 2 aromatic carbocycles. The summed E-state index contributed by atoms with van der Waals surface area (Å²) in [6.45, 7) is 7.40. The Balaban J connectivity index is 0.000000180. The minimum absolute atomic E-state index is 0.116. The molecule has 0 saturated carbocycles. The normalized spacial score (nSPS) is 9.67. The molecule has 0 nitrogen and oxygen atoms in total. The van der Waals surface area contributed by atoms with Crippen molar-refractivity contribution in [2.24, 2.45) is 0 Å². The van der Waals surface area contributed by atoms with Gasteiger partial charge in [-0.3, -0.25) is 0 Å². The average molecular weight is 248 g/mol. The molecule has 0 saturated heterocycles. The molecule has 0 bridgehead atoms. The molecule has 0 radical (unpaired) electrons. The fraction of sp³-hybridized carbons (Fsp3) is 0.250. The molecule has 0 N–H and O–H groups in total. The smallest absolute Gasteiger partial charge is 0.126 e. The average Bonchev–Trinajstić information content (AvgIpc) is 2.32. The molecular weight excluding hydrogens is 230 g/mol. The fourth-order valence-electron chi connectivity index (χ4n) is 1.51. The number of hydrogen-bond acceptors (Lipinski definition) is 0. The van der Waals surface area contributed by atoms with E-state index < -0.39 is 0 Å². The molecule has 2 aromatic rings. The summed E-state index contributed by atoms with van der Waals surface area (Å²) < 4.78 is 25.1. The van der Waals surface area contributed by atoms with Gasteiger partial charge in [-0.25, -0.2) is 8.78 Å². The van der Waals surface area contributed by atoms with Gasteiger partial charge in [0.15, 0.2) is 0 Å². The van der Waals surface area contributed by atoms with Crippen molar-refractivity contribution in [1.82, 2.24) is 0 Å². The summed E-state index contributed by atoms with van der Waals surface area (Å²) in [5.41, 5.74) is 3.58. The van der Waals surface area contributed by atoms with E-state index in [2.05, 4.69) is 0 Å². The first kappa shape index (κ1) is 14.4. The Morgan fingerprint density at radius 1 is 0.722 bits per heavy atom. The van der Waals surface area contributed by atoms with Crippen LogP contribution in [0.3, 0.4) is 0 Å². The Bertz CT molecular complexity index is 510. The van der Waals surface area contributed by atoms with Crippen molar-refractivity contribution in [2.45, 2.75) is 27.7 Å². The first-order chi connectivity index (χ1) is 8.41. The van der Waals surface area contributed by atoms with Crippen LogP contribution in [0.4, 0.5) is 8.78 Å². The molecule has 96 valence electrons. The predicted octanol–water partition coefficient (Wildman–Crippen LogP) is 4.89. The van der Waals surface area contributed by atoms with Gasteiger partial charge in [-0.1, -0.05) is 29.8 Å². The quantitative estimate of drug-likeness (QED) is 0.623. The van der Waals surface area contributed by atoms with Gasteiger partial charge in [-0.2, -0.15) is 0 Å². The molecule has 0 amide bonds. The van der Waals surface area contributed by atoms with Gasteiger partial charge in [0.2, 0.25) is 0 Å². The van der Waals surface area contributed by atoms with Crippen LogP contribution >= 0.6 is 0 Å². The van der Waals surface area contributed by atoms with E-state index in [9.17, 15) is 8.78 Å². The van der Waals surface area contributed by atoms with E-state index in [4.69, 9.17) is 0 Å². The van der Waals surface area contributed by atoms with Crippen molar-refractivity contribution in [1.29, 1.82) is 0 Å². The van der Waals surface area contributed by atoms with Gasteiger partial charge >= 0.3 is 0 Å². The molecule has 0 fully saturated rings. The van der Waals surface area contributed by atoms with E-state index >= 15 is 0 Å². The second kappa shape index (κ2) is 6.29. The maximum atomic E-state index is 12.6. The number of rotatable bonds is 0. The van der Waals surface area contributed by atoms with Crippen LogP contribution in [0.5, 0.6) is 0 Å². The third-order valence-electron chi connectivity index (χ3n) is 2.85. The van der Waals surface area contributed by atoms with Crippen LogP contribution in [0.2, 0.25) is 0 Å². The summed E-state index contributed by atoms with van der Waals surface area (Å²) >= 11 is 0. The van der Waals surface area contributed by atoms with E-state index in [1.165, 1.54) is 12.1 Å². The van der Waals surface area contributed by atoms with Gasteiger partial charge < -0.3 is 0 Å². The zero-order valence-corrected chi connectivity index (χ0v) is 11.2. The zero-order chi connectivity index (χ0) is 13.7. The number of benzene rings is 2. The van der Waals surface area contributed by atoms with Crippen LogP contribution in [0.15, 0.2) is 36.4 Å². The molecule has 18 heavy (non-hydrogen) atoms. The third-order valence-corrected chi connectivity index (χ3v) is 2.85. The summed E-state index contributed by atoms with van der Waals surface area (Å²) in [4.78, 5) is 0. The molecule has 0 spiro atoms. The van der Waals surface area contributed by atoms with E-state index in [0.717, 1.165) is 22.3 Å². The molecule has 2 rings (SSSR count). The molecular formula is C16H18F2. The minimum atomic E-state index is -0.124. The molecule has 0 atom stereocenters. The van der Waals surface area contributed by atoms with E-state index in [0.29, 0.717) is 0 Å². The standard InChI is InChI=1S/2C8H9F/c1-6-3-4-8(9)7(2)5-6;1-6-4-3-5-8(9)7(6)2/h2*3-5H,1-2H3. The van der Waals surface area contributed by atoms with Crippen LogP contribution in [-0.4, -0.2) is 0 Å². The van der Waals surface area contributed by atoms with Gasteiger partial charge in [-0.15, -0.1) is 0 Å². The maximum absolute atomic E-state index is 12.6. The maximum Gasteiger partial charge on any atom is 0.126 e. The molecule has 0 heterocycles. The SMILES string of the molecule is Cc1ccc(F)c(C)c1.Cc1cccc(F)c1C. The van der Waals surface area contributed by atoms with Gasteiger partial charge in [0.05, 0.1) is 0 Å². The van der Waals surface area contributed by atoms with Crippen LogP contribution in [0.1, 0.15) is 22.3 Å². The highest BCUT2D eigenvalue weighted by molar-refractivity contribution is 5.25. The van der Waals surface area contributed by atoms with Crippen LogP contribution in [0.25, 0.3) is 0 Å². The summed E-state index contributed by atoms with van der Waals surface area (Å²) in [6, 6.07) is 10.2. The first-order valence-corrected chi connectivity index (χ1v) is 5.86. The Morgan fingerprint density at radius 2 is 1.39 bits per heavy atom. The van der Waals surface area contributed by atoms with Crippen molar-refractivity contribution in [3.8, 4) is 0 Å². The lowest BCUT2D eigenvalue weighted by atomic mass is 10.1. The van der Waals surface area contributed by atoms with Crippen molar-refractivity contribution >= 4 is 0 Å². The van der Waals surface area contributed by atoms with Gasteiger partial charge in [0.25, 0.3) is 0 Å². The molecule has 0 aromatic heterocycles. The lowest BCUT2D eigenvalue weighted by Crippen LogP contribution is -1.83. The van der Waals surface area contributed by atoms with Gasteiger partial charge in [0.1, 0.15) is 11.6 Å². The van der Waals surface area contributed by atoms with Crippen molar-refractivity contribution < 1.29 is 8.78 Å². The molecule has 0 aliphatic carbocycles. The second-order valence-corrected chi connectivity index (χ2v) is 4.43. The van der Waals surface area contributed by atoms with Crippen LogP contribution in [-0.2, 0) is 0 Å². The highest BCUT2D eigenvalue weighted by atomic mass is 19.1. The number of hydrogen-bond donors (Lipinski definition) is 0. The van der Waals surface area contributed by atoms with E-state index in [1.807, 2.05) is 26.0 Å². The minimum Gasteiger partial charge on any atom is -0.207 e. The lowest BCUT2D eigenvalue weighted by molar-refractivity contribution is 0.617. The van der Waals surface area contributed by atoms with Crippen molar-refractivity contribution in [3.63, 3.8) is 0 Å². The predicted molar refractivity (Wildman–Crippen MR) is 71.7 cm³/mol. The molecule has 0 aliphatic heterocycles. The zero-order valence-electron chi connectivity index (χ0n) is 11.2. The Labute approximate surface area is 107 Å². The highest BCUT2D eigenvalue weighted by Crippen LogP contribution is 2.09. The highest BCUT2D eigenvalue weighted by Gasteiger charge is 1.95. The Morgan fingerprint density at radius 3 is 1.83 bits per heavy atom. The van der Waals surface area contributed by atoms with Gasteiger partial charge in [0, 0.05) is 0 Å². The number of halogens is 2. The van der Waals surface area contributed by atoms with Crippen molar-refractivity contribution in [2.75, 3.05) is 0 Å². The Kier molecular flexibility index (Phi) is 5.02. The lowest BCUT2D eigenvalue weighted by Gasteiger charge is -1.97. The monoisotopic (exact) mass is 248 g/mol. The third kappa shape index (κ3) is 3.95. The second-order valence-electron chi connectivity index (χ2n) is 4.43. The number of aryl methyl sites for hydroxylation is 3. The summed E-state index contributed by atoms with van der Waals surface area (Å²) in [5, 5.41) is 0. The van der Waals surface area contributed by atoms with E-state index in [1.54, 1.807) is 26.0 Å². The summed E-state index contributed by atoms with van der Waals surface area (Å²) in [7, 11) is 0. The van der Waals surface area contributed by atoms with Gasteiger partial charge in [-0.05, 0) is 56.5 Å². The summed E-state index contributed by atoms with van der Waals surface area (Å²) in [6.07, 6.45) is 0. The van der Waals surface area contributed by atoms with Crippen LogP contribution in [0, 0.1) is 39.3 Å². The van der Waals surface area contributed by atoms with E-state index in [-0.39, 0.29) is 11.6 Å². The topological polar surface area (TPSA) is 0 Å².